The number of benzene rings is 2. The molecule has 0 unspecified atom stereocenters. The summed E-state index contributed by atoms with van der Waals surface area (Å²) in [4.78, 5) is 29.3. The molecule has 2 N–H and O–H groups in total. The zero-order valence-corrected chi connectivity index (χ0v) is 19.5. The Morgan fingerprint density at radius 1 is 1.14 bits per heavy atom. The van der Waals surface area contributed by atoms with Gasteiger partial charge in [0.2, 0.25) is 5.91 Å². The summed E-state index contributed by atoms with van der Waals surface area (Å²) >= 11 is 1.34. The molecule has 1 amide bonds. The van der Waals surface area contributed by atoms with Crippen LogP contribution in [0.15, 0.2) is 71.1 Å². The minimum Gasteiger partial charge on any atom is -0.485 e. The molecule has 0 aliphatic carbocycles. The van der Waals surface area contributed by atoms with Crippen LogP contribution in [0.2, 0.25) is 0 Å². The largest absolute Gasteiger partial charge is 0.485 e. The van der Waals surface area contributed by atoms with Crippen molar-refractivity contribution < 1.29 is 14.3 Å². The van der Waals surface area contributed by atoms with Crippen molar-refractivity contribution in [3.8, 4) is 11.5 Å². The average Bonchev–Trinajstić information content (AvgIpc) is 3.27. The summed E-state index contributed by atoms with van der Waals surface area (Å²) in [5.74, 6) is 1.99. The first-order valence-corrected chi connectivity index (χ1v) is 11.9. The van der Waals surface area contributed by atoms with Crippen LogP contribution in [-0.4, -0.2) is 36.8 Å². The van der Waals surface area contributed by atoms with Crippen LogP contribution in [0.25, 0.3) is 10.9 Å². The summed E-state index contributed by atoms with van der Waals surface area (Å²) < 4.78 is 15.1. The minimum absolute atomic E-state index is 0.260. The van der Waals surface area contributed by atoms with Crippen LogP contribution >= 0.6 is 11.8 Å². The van der Waals surface area contributed by atoms with Crippen LogP contribution in [0.1, 0.15) is 17.8 Å². The number of carbonyl (C=O) groups excluding carboxylic acids is 1. The van der Waals surface area contributed by atoms with E-state index in [0.29, 0.717) is 52.4 Å². The molecule has 0 saturated heterocycles. The number of thioether (sulfide) groups is 1. The fourth-order valence-corrected chi connectivity index (χ4v) is 4.77. The van der Waals surface area contributed by atoms with Gasteiger partial charge in [-0.3, -0.25) is 18.7 Å². The summed E-state index contributed by atoms with van der Waals surface area (Å²) in [5.41, 5.74) is 5.64. The van der Waals surface area contributed by atoms with Crippen LogP contribution in [0.4, 0.5) is 0 Å². The average molecular weight is 491 g/mol. The van der Waals surface area contributed by atoms with Gasteiger partial charge in [0.1, 0.15) is 19.0 Å². The number of para-hydroxylation sites is 3. The molecular weight excluding hydrogens is 468 g/mol. The molecule has 0 radical (unpaired) electrons. The maximum Gasteiger partial charge on any atom is 0.261 e. The Morgan fingerprint density at radius 3 is 2.71 bits per heavy atom. The third-order valence-corrected chi connectivity index (χ3v) is 6.40. The maximum atomic E-state index is 13.0. The predicted molar refractivity (Wildman–Crippen MR) is 130 cm³/mol. The van der Waals surface area contributed by atoms with Gasteiger partial charge in [0, 0.05) is 6.54 Å². The fourth-order valence-electron chi connectivity index (χ4n) is 3.86. The van der Waals surface area contributed by atoms with E-state index in [1.165, 1.54) is 16.3 Å². The molecule has 1 aliphatic heterocycles. The second-order valence-corrected chi connectivity index (χ2v) is 8.74. The number of aromatic nitrogens is 5. The molecular formula is C24H22N6O4S. The molecule has 10 nitrogen and oxygen atoms in total. The standard InChI is InChI=1S/C24H22N6O4S/c1-2-11-29-22(19-13-33-17-9-5-6-10-18(17)34-19)27-28-24(29)35-14-21-26-16-8-4-3-7-15(16)23(32)30(21)12-20(25)31/h2-10,19H,1,11-14H2,(H2,25,31)/t19-/m1/s1. The third-order valence-electron chi connectivity index (χ3n) is 5.44. The highest BCUT2D eigenvalue weighted by molar-refractivity contribution is 7.98. The highest BCUT2D eigenvalue weighted by Gasteiger charge is 2.28. The number of nitrogens with two attached hydrogens (primary N) is 1. The molecule has 0 fully saturated rings. The molecule has 0 spiro atoms. The van der Waals surface area contributed by atoms with Crippen LogP contribution in [0, 0.1) is 0 Å². The Labute approximate surface area is 204 Å². The van der Waals surface area contributed by atoms with Gasteiger partial charge in [0.25, 0.3) is 5.56 Å². The summed E-state index contributed by atoms with van der Waals surface area (Å²) in [5, 5.41) is 9.72. The van der Waals surface area contributed by atoms with Crippen molar-refractivity contribution in [3.63, 3.8) is 0 Å². The molecule has 2 aromatic carbocycles. The van der Waals surface area contributed by atoms with Gasteiger partial charge in [-0.1, -0.05) is 42.1 Å². The first-order valence-electron chi connectivity index (χ1n) is 10.9. The smallest absolute Gasteiger partial charge is 0.261 e. The summed E-state index contributed by atoms with van der Waals surface area (Å²) in [6, 6.07) is 14.5. The molecule has 0 bridgehead atoms. The van der Waals surface area contributed by atoms with Gasteiger partial charge in [-0.05, 0) is 24.3 Å². The molecule has 5 rings (SSSR count). The second kappa shape index (κ2) is 9.63. The van der Waals surface area contributed by atoms with Gasteiger partial charge in [0.05, 0.1) is 16.7 Å². The lowest BCUT2D eigenvalue weighted by molar-refractivity contribution is -0.118. The third kappa shape index (κ3) is 4.50. The first kappa shape index (κ1) is 22.7. The number of fused-ring (bicyclic) bond motifs is 2. The fraction of sp³-hybridized carbons (Fsp3) is 0.208. The molecule has 0 saturated carbocycles. The topological polar surface area (TPSA) is 127 Å². The summed E-state index contributed by atoms with van der Waals surface area (Å²) in [6.45, 7) is 4.33. The monoisotopic (exact) mass is 490 g/mol. The highest BCUT2D eigenvalue weighted by Crippen LogP contribution is 2.36. The van der Waals surface area contributed by atoms with E-state index >= 15 is 0 Å². The second-order valence-electron chi connectivity index (χ2n) is 7.80. The number of rotatable bonds is 8. The molecule has 2 aromatic heterocycles. The number of primary amides is 1. The van der Waals surface area contributed by atoms with E-state index in [4.69, 9.17) is 15.2 Å². The maximum absolute atomic E-state index is 13.0. The van der Waals surface area contributed by atoms with Crippen LogP contribution in [0.3, 0.4) is 0 Å². The van der Waals surface area contributed by atoms with E-state index < -0.39 is 12.0 Å². The SMILES string of the molecule is C=CCn1c(SCc2nc3ccccc3c(=O)n2CC(N)=O)nnc1[C@H]1COc2ccccc2O1. The minimum atomic E-state index is -0.623. The van der Waals surface area contributed by atoms with Gasteiger partial charge in [0.15, 0.2) is 28.6 Å². The zero-order chi connectivity index (χ0) is 24.4. The van der Waals surface area contributed by atoms with Gasteiger partial charge < -0.3 is 15.2 Å². The van der Waals surface area contributed by atoms with Gasteiger partial charge in [-0.25, -0.2) is 4.98 Å². The van der Waals surface area contributed by atoms with E-state index in [2.05, 4.69) is 21.8 Å². The Balaban J connectivity index is 1.45. The van der Waals surface area contributed by atoms with Crippen molar-refractivity contribution in [2.45, 2.75) is 30.1 Å². The molecule has 178 valence electrons. The van der Waals surface area contributed by atoms with Crippen LogP contribution in [0.5, 0.6) is 11.5 Å². The van der Waals surface area contributed by atoms with E-state index in [1.54, 1.807) is 24.3 Å². The zero-order valence-electron chi connectivity index (χ0n) is 18.7. The van der Waals surface area contributed by atoms with Crippen molar-refractivity contribution in [1.29, 1.82) is 0 Å². The van der Waals surface area contributed by atoms with Crippen LogP contribution in [-0.2, 0) is 23.6 Å². The molecule has 1 atom stereocenters. The quantitative estimate of drug-likeness (QED) is 0.295. The molecule has 35 heavy (non-hydrogen) atoms. The van der Waals surface area contributed by atoms with E-state index in [-0.39, 0.29) is 17.9 Å². The molecule has 11 heteroatoms. The Kier molecular flexibility index (Phi) is 6.23. The van der Waals surface area contributed by atoms with Gasteiger partial charge in [-0.15, -0.1) is 16.8 Å². The first-order chi connectivity index (χ1) is 17.0. The van der Waals surface area contributed by atoms with Crippen molar-refractivity contribution in [2.24, 2.45) is 5.73 Å². The number of carbonyl (C=O) groups is 1. The van der Waals surface area contributed by atoms with Crippen LogP contribution < -0.4 is 20.8 Å². The number of allylic oxidation sites excluding steroid dienone is 1. The lowest BCUT2D eigenvalue weighted by atomic mass is 10.2. The Morgan fingerprint density at radius 2 is 1.91 bits per heavy atom. The van der Waals surface area contributed by atoms with Crippen molar-refractivity contribution in [3.05, 3.63) is 83.2 Å². The van der Waals surface area contributed by atoms with Crippen molar-refractivity contribution >= 4 is 28.6 Å². The highest BCUT2D eigenvalue weighted by atomic mass is 32.2. The number of amides is 1. The molecule has 3 heterocycles. The Bertz CT molecular complexity index is 1480. The normalized spacial score (nSPS) is 14.7. The number of hydrogen-bond donors (Lipinski definition) is 1. The number of nitrogens with zero attached hydrogens (tertiary/aromatic N) is 5. The van der Waals surface area contributed by atoms with E-state index in [1.807, 2.05) is 34.9 Å². The van der Waals surface area contributed by atoms with Gasteiger partial charge >= 0.3 is 0 Å². The number of hydrogen-bond acceptors (Lipinski definition) is 8. The van der Waals surface area contributed by atoms with E-state index in [0.717, 1.165) is 0 Å². The Hall–Kier alpha value is -4.12. The number of ether oxygens (including phenoxy) is 2. The van der Waals surface area contributed by atoms with E-state index in [9.17, 15) is 9.59 Å². The van der Waals surface area contributed by atoms with Crippen molar-refractivity contribution in [1.82, 2.24) is 24.3 Å². The lowest BCUT2D eigenvalue weighted by Gasteiger charge is -2.26. The summed E-state index contributed by atoms with van der Waals surface area (Å²) in [7, 11) is 0. The van der Waals surface area contributed by atoms with Gasteiger partial charge in [-0.2, -0.15) is 0 Å². The predicted octanol–water partition coefficient (Wildman–Crippen LogP) is 2.46. The summed E-state index contributed by atoms with van der Waals surface area (Å²) in [6.07, 6.45) is 1.30. The molecule has 1 aliphatic rings. The lowest BCUT2D eigenvalue weighted by Crippen LogP contribution is -2.31. The van der Waals surface area contributed by atoms with Crippen molar-refractivity contribution in [2.75, 3.05) is 6.61 Å². The molecule has 4 aromatic rings.